The Morgan fingerprint density at radius 2 is 2.23 bits per heavy atom. The second-order valence-corrected chi connectivity index (χ2v) is 5.22. The van der Waals surface area contributed by atoms with E-state index in [-0.39, 0.29) is 30.7 Å². The molecule has 122 valence electrons. The SMILES string of the molecule is CSCC[C@H](N)C(=O)Nc1ccc(-n2cccn2)nc1.Cl.Cl. The van der Waals surface area contributed by atoms with Crippen LogP contribution in [0.25, 0.3) is 5.82 Å². The fraction of sp³-hybridized carbons (Fsp3) is 0.308. The summed E-state index contributed by atoms with van der Waals surface area (Å²) in [6.45, 7) is 0. The molecule has 0 radical (unpaired) electrons. The van der Waals surface area contributed by atoms with Crippen LogP contribution < -0.4 is 11.1 Å². The zero-order chi connectivity index (χ0) is 14.4. The van der Waals surface area contributed by atoms with Crippen molar-refractivity contribution in [3.8, 4) is 5.82 Å². The van der Waals surface area contributed by atoms with E-state index in [2.05, 4.69) is 15.4 Å². The predicted molar refractivity (Wildman–Crippen MR) is 95.5 cm³/mol. The van der Waals surface area contributed by atoms with Crippen molar-refractivity contribution in [1.82, 2.24) is 14.8 Å². The first-order valence-corrected chi connectivity index (χ1v) is 7.61. The molecule has 2 heterocycles. The van der Waals surface area contributed by atoms with Crippen LogP contribution in [0.15, 0.2) is 36.8 Å². The standard InChI is InChI=1S/C13H17N5OS.2ClH/c1-20-8-5-11(14)13(19)17-10-3-4-12(15-9-10)18-7-2-6-16-18;;/h2-4,6-7,9,11H,5,8,14H2,1H3,(H,17,19);2*1H/t11-;;/m0../s1. The minimum Gasteiger partial charge on any atom is -0.323 e. The maximum atomic E-state index is 11.8. The van der Waals surface area contributed by atoms with Crippen LogP contribution in [0.4, 0.5) is 5.69 Å². The van der Waals surface area contributed by atoms with Crippen molar-refractivity contribution in [2.75, 3.05) is 17.3 Å². The second kappa shape index (κ2) is 10.4. The number of carbonyl (C=O) groups excluding carboxylic acids is 1. The first kappa shape index (κ1) is 20.7. The summed E-state index contributed by atoms with van der Waals surface area (Å²) in [7, 11) is 0. The van der Waals surface area contributed by atoms with Gasteiger partial charge < -0.3 is 11.1 Å². The molecule has 2 rings (SSSR count). The summed E-state index contributed by atoms with van der Waals surface area (Å²) in [6.07, 6.45) is 7.73. The maximum Gasteiger partial charge on any atom is 0.241 e. The van der Waals surface area contributed by atoms with Crippen LogP contribution in [0.1, 0.15) is 6.42 Å². The fourth-order valence-electron chi connectivity index (χ4n) is 1.61. The van der Waals surface area contributed by atoms with Gasteiger partial charge >= 0.3 is 0 Å². The van der Waals surface area contributed by atoms with E-state index in [9.17, 15) is 4.79 Å². The Morgan fingerprint density at radius 3 is 2.77 bits per heavy atom. The Labute approximate surface area is 146 Å². The number of pyridine rings is 1. The van der Waals surface area contributed by atoms with Crippen LogP contribution in [-0.2, 0) is 4.79 Å². The Kier molecular flexibility index (Phi) is 9.84. The highest BCUT2D eigenvalue weighted by Crippen LogP contribution is 2.10. The number of rotatable bonds is 6. The minimum absolute atomic E-state index is 0. The van der Waals surface area contributed by atoms with Crippen molar-refractivity contribution in [2.45, 2.75) is 12.5 Å². The number of nitrogens with zero attached hydrogens (tertiary/aromatic N) is 3. The van der Waals surface area contributed by atoms with Crippen molar-refractivity contribution in [3.05, 3.63) is 36.8 Å². The van der Waals surface area contributed by atoms with Gasteiger partial charge in [-0.3, -0.25) is 4.79 Å². The molecule has 2 aromatic rings. The molecular formula is C13H19Cl2N5OS. The smallest absolute Gasteiger partial charge is 0.241 e. The van der Waals surface area contributed by atoms with Gasteiger partial charge in [-0.15, -0.1) is 24.8 Å². The van der Waals surface area contributed by atoms with Gasteiger partial charge in [-0.1, -0.05) is 0 Å². The van der Waals surface area contributed by atoms with Crippen LogP contribution in [0, 0.1) is 0 Å². The molecule has 0 aliphatic heterocycles. The third-order valence-corrected chi connectivity index (χ3v) is 3.37. The lowest BCUT2D eigenvalue weighted by Gasteiger charge is -2.11. The Morgan fingerprint density at radius 1 is 1.45 bits per heavy atom. The molecule has 0 fully saturated rings. The monoisotopic (exact) mass is 363 g/mol. The molecule has 0 aliphatic carbocycles. The molecule has 0 aromatic carbocycles. The van der Waals surface area contributed by atoms with Crippen LogP contribution >= 0.6 is 36.6 Å². The van der Waals surface area contributed by atoms with Gasteiger partial charge in [-0.2, -0.15) is 16.9 Å². The van der Waals surface area contributed by atoms with Gasteiger partial charge in [0.05, 0.1) is 17.9 Å². The van der Waals surface area contributed by atoms with Gasteiger partial charge in [0, 0.05) is 12.4 Å². The average Bonchev–Trinajstić information content (AvgIpc) is 2.99. The predicted octanol–water partition coefficient (Wildman–Crippen LogP) is 2.13. The van der Waals surface area contributed by atoms with Crippen LogP contribution in [0.3, 0.4) is 0 Å². The maximum absolute atomic E-state index is 11.8. The third-order valence-electron chi connectivity index (χ3n) is 2.72. The lowest BCUT2D eigenvalue weighted by molar-refractivity contribution is -0.117. The Balaban J connectivity index is 0.00000220. The van der Waals surface area contributed by atoms with Crippen molar-refractivity contribution < 1.29 is 4.79 Å². The normalized spacial score (nSPS) is 11.0. The Hall–Kier alpha value is -1.28. The first-order chi connectivity index (χ1) is 9.70. The van der Waals surface area contributed by atoms with Gasteiger partial charge in [0.15, 0.2) is 5.82 Å². The van der Waals surface area contributed by atoms with Gasteiger partial charge in [0.25, 0.3) is 0 Å². The summed E-state index contributed by atoms with van der Waals surface area (Å²) in [5.74, 6) is 1.37. The van der Waals surface area contributed by atoms with Crippen molar-refractivity contribution >= 4 is 48.2 Å². The quantitative estimate of drug-likeness (QED) is 0.820. The van der Waals surface area contributed by atoms with Crippen molar-refractivity contribution in [2.24, 2.45) is 5.73 Å². The second-order valence-electron chi connectivity index (χ2n) is 4.23. The van der Waals surface area contributed by atoms with Crippen molar-refractivity contribution in [1.29, 1.82) is 0 Å². The molecule has 0 saturated heterocycles. The van der Waals surface area contributed by atoms with Crippen LogP contribution in [0.5, 0.6) is 0 Å². The van der Waals surface area contributed by atoms with Crippen molar-refractivity contribution in [3.63, 3.8) is 0 Å². The largest absolute Gasteiger partial charge is 0.323 e. The number of nitrogens with two attached hydrogens (primary N) is 1. The summed E-state index contributed by atoms with van der Waals surface area (Å²) < 4.78 is 1.65. The number of aromatic nitrogens is 3. The highest BCUT2D eigenvalue weighted by molar-refractivity contribution is 7.98. The lowest BCUT2D eigenvalue weighted by atomic mass is 10.2. The van der Waals surface area contributed by atoms with Gasteiger partial charge in [-0.25, -0.2) is 9.67 Å². The highest BCUT2D eigenvalue weighted by Gasteiger charge is 2.13. The van der Waals surface area contributed by atoms with E-state index < -0.39 is 6.04 Å². The van der Waals surface area contributed by atoms with E-state index in [1.807, 2.05) is 12.3 Å². The van der Waals surface area contributed by atoms with E-state index in [1.165, 1.54) is 0 Å². The average molecular weight is 364 g/mol. The number of anilines is 1. The molecule has 3 N–H and O–H groups in total. The lowest BCUT2D eigenvalue weighted by Crippen LogP contribution is -2.36. The van der Waals surface area contributed by atoms with Gasteiger partial charge in [-0.05, 0) is 36.6 Å². The molecule has 6 nitrogen and oxygen atoms in total. The number of hydrogen-bond donors (Lipinski definition) is 2. The molecule has 0 bridgehead atoms. The fourth-order valence-corrected chi connectivity index (χ4v) is 2.10. The summed E-state index contributed by atoms with van der Waals surface area (Å²) >= 11 is 1.67. The van der Waals surface area contributed by atoms with Crippen LogP contribution in [0.2, 0.25) is 0 Å². The number of amides is 1. The molecule has 9 heteroatoms. The van der Waals surface area contributed by atoms with Gasteiger partial charge in [0.2, 0.25) is 5.91 Å². The molecule has 22 heavy (non-hydrogen) atoms. The number of halogens is 2. The van der Waals surface area contributed by atoms with E-state index in [1.54, 1.807) is 47.2 Å². The minimum atomic E-state index is -0.492. The molecule has 1 amide bonds. The first-order valence-electron chi connectivity index (χ1n) is 6.22. The molecular weight excluding hydrogens is 345 g/mol. The van der Waals surface area contributed by atoms with E-state index in [4.69, 9.17) is 5.73 Å². The molecule has 0 aliphatic rings. The number of thioether (sulfide) groups is 1. The summed E-state index contributed by atoms with van der Waals surface area (Å²) in [4.78, 5) is 16.1. The molecule has 0 unspecified atom stereocenters. The van der Waals surface area contributed by atoms with E-state index >= 15 is 0 Å². The van der Waals surface area contributed by atoms with E-state index in [0.717, 1.165) is 5.75 Å². The molecule has 2 aromatic heterocycles. The highest BCUT2D eigenvalue weighted by atomic mass is 35.5. The summed E-state index contributed by atoms with van der Waals surface area (Å²) in [5, 5.41) is 6.84. The third kappa shape index (κ3) is 5.84. The van der Waals surface area contributed by atoms with Gasteiger partial charge in [0.1, 0.15) is 0 Å². The van der Waals surface area contributed by atoms with Crippen LogP contribution in [-0.4, -0.2) is 38.7 Å². The molecule has 1 atom stereocenters. The molecule has 0 spiro atoms. The summed E-state index contributed by atoms with van der Waals surface area (Å²) in [5.41, 5.74) is 6.43. The topological polar surface area (TPSA) is 85.8 Å². The Bertz CT molecular complexity index is 550. The number of hydrogen-bond acceptors (Lipinski definition) is 5. The summed E-state index contributed by atoms with van der Waals surface area (Å²) in [6, 6.07) is 4.90. The zero-order valence-corrected chi connectivity index (χ0v) is 14.5. The number of nitrogens with one attached hydrogen (secondary N) is 1. The van der Waals surface area contributed by atoms with E-state index in [0.29, 0.717) is 17.9 Å². The number of carbonyl (C=O) groups is 1. The zero-order valence-electron chi connectivity index (χ0n) is 12.0. The molecule has 0 saturated carbocycles.